The molecule has 1 saturated heterocycles. The smallest absolute Gasteiger partial charge is 0.257 e. The molecule has 0 radical (unpaired) electrons. The summed E-state index contributed by atoms with van der Waals surface area (Å²) in [5, 5.41) is 0. The van der Waals surface area contributed by atoms with E-state index in [9.17, 15) is 9.59 Å². The Kier molecular flexibility index (Phi) is 4.88. The molecule has 1 aromatic carbocycles. The summed E-state index contributed by atoms with van der Waals surface area (Å²) in [5.74, 6) is -0.448. The summed E-state index contributed by atoms with van der Waals surface area (Å²) in [6.07, 6.45) is 3.50. The van der Waals surface area contributed by atoms with E-state index in [0.717, 1.165) is 12.0 Å². The van der Waals surface area contributed by atoms with Crippen molar-refractivity contribution in [2.24, 2.45) is 11.1 Å². The first-order chi connectivity index (χ1) is 12.5. The Labute approximate surface area is 152 Å². The summed E-state index contributed by atoms with van der Waals surface area (Å²) in [6.45, 7) is 2.82. The fraction of sp³-hybridized carbons (Fsp3) is 0.368. The Hall–Kier alpha value is -2.96. The van der Waals surface area contributed by atoms with Crippen LogP contribution in [0, 0.1) is 5.41 Å². The molecule has 4 N–H and O–H groups in total. The third-order valence-corrected chi connectivity index (χ3v) is 5.15. The minimum Gasteiger partial charge on any atom is -0.369 e. The molecular weight excluding hydrogens is 330 g/mol. The number of piperidine rings is 1. The third kappa shape index (κ3) is 3.24. The highest BCUT2D eigenvalue weighted by Crippen LogP contribution is 2.34. The number of benzene rings is 1. The zero-order chi connectivity index (χ0) is 18.7. The first kappa shape index (κ1) is 17.8. The van der Waals surface area contributed by atoms with Crippen molar-refractivity contribution in [2.75, 3.05) is 18.8 Å². The Morgan fingerprint density at radius 3 is 2.65 bits per heavy atom. The number of carbonyl (C=O) groups is 2. The number of rotatable bonds is 4. The van der Waals surface area contributed by atoms with Gasteiger partial charge in [0.25, 0.3) is 5.91 Å². The van der Waals surface area contributed by atoms with E-state index in [0.29, 0.717) is 37.2 Å². The van der Waals surface area contributed by atoms with Crippen molar-refractivity contribution < 1.29 is 9.59 Å². The molecule has 7 nitrogen and oxygen atoms in total. The Morgan fingerprint density at radius 2 is 2.00 bits per heavy atom. The minimum absolute atomic E-state index is 0.110. The molecule has 26 heavy (non-hydrogen) atoms. The fourth-order valence-electron chi connectivity index (χ4n) is 3.51. The zero-order valence-electron chi connectivity index (χ0n) is 14.8. The van der Waals surface area contributed by atoms with Gasteiger partial charge in [-0.1, -0.05) is 37.3 Å². The molecule has 0 saturated carbocycles. The van der Waals surface area contributed by atoms with E-state index in [1.807, 2.05) is 37.3 Å². The van der Waals surface area contributed by atoms with Crippen LogP contribution in [0.3, 0.4) is 0 Å². The Morgan fingerprint density at radius 1 is 1.27 bits per heavy atom. The lowest BCUT2D eigenvalue weighted by Crippen LogP contribution is -2.52. The summed E-state index contributed by atoms with van der Waals surface area (Å²) in [7, 11) is 0. The van der Waals surface area contributed by atoms with Gasteiger partial charge < -0.3 is 16.4 Å². The number of anilines is 1. The van der Waals surface area contributed by atoms with Gasteiger partial charge in [-0.3, -0.25) is 9.59 Å². The fourth-order valence-corrected chi connectivity index (χ4v) is 3.51. The van der Waals surface area contributed by atoms with Crippen LogP contribution in [-0.4, -0.2) is 39.8 Å². The van der Waals surface area contributed by atoms with E-state index >= 15 is 0 Å². The molecule has 0 spiro atoms. The largest absolute Gasteiger partial charge is 0.369 e. The van der Waals surface area contributed by atoms with Crippen LogP contribution in [0.25, 0.3) is 11.3 Å². The second-order valence-corrected chi connectivity index (χ2v) is 6.68. The summed E-state index contributed by atoms with van der Waals surface area (Å²) >= 11 is 0. The molecular formula is C19H23N5O2. The van der Waals surface area contributed by atoms with Crippen LogP contribution in [0.4, 0.5) is 5.95 Å². The number of carbonyl (C=O) groups excluding carboxylic acids is 2. The molecule has 1 aliphatic heterocycles. The molecule has 2 heterocycles. The highest BCUT2D eigenvalue weighted by molar-refractivity contribution is 6.00. The van der Waals surface area contributed by atoms with Gasteiger partial charge in [-0.15, -0.1) is 0 Å². The van der Waals surface area contributed by atoms with Gasteiger partial charge in [0, 0.05) is 24.8 Å². The van der Waals surface area contributed by atoms with Gasteiger partial charge in [0.1, 0.15) is 0 Å². The average molecular weight is 353 g/mol. The van der Waals surface area contributed by atoms with Crippen molar-refractivity contribution in [1.29, 1.82) is 0 Å². The monoisotopic (exact) mass is 353 g/mol. The van der Waals surface area contributed by atoms with Crippen LogP contribution in [0.15, 0.2) is 36.5 Å². The van der Waals surface area contributed by atoms with Crippen LogP contribution in [0.2, 0.25) is 0 Å². The molecule has 0 unspecified atom stereocenters. The number of primary amides is 1. The lowest BCUT2D eigenvalue weighted by atomic mass is 9.77. The van der Waals surface area contributed by atoms with Crippen LogP contribution in [0.5, 0.6) is 0 Å². The predicted molar refractivity (Wildman–Crippen MR) is 98.9 cm³/mol. The molecule has 1 fully saturated rings. The third-order valence-electron chi connectivity index (χ3n) is 5.15. The molecule has 2 amide bonds. The molecule has 1 aliphatic rings. The van der Waals surface area contributed by atoms with Crippen molar-refractivity contribution in [3.63, 3.8) is 0 Å². The standard InChI is InChI=1S/C19H23N5O2/c1-2-19(17(20)26)9-6-10-24(12-19)16(25)14-11-22-18(21)23-15(14)13-7-4-3-5-8-13/h3-5,7-8,11H,2,6,9-10,12H2,1H3,(H2,20,26)(H2,21,22,23)/t19-/m0/s1. The summed E-state index contributed by atoms with van der Waals surface area (Å²) in [5.41, 5.74) is 12.4. The summed E-state index contributed by atoms with van der Waals surface area (Å²) in [6, 6.07) is 9.38. The van der Waals surface area contributed by atoms with Gasteiger partial charge in [-0.2, -0.15) is 0 Å². The topological polar surface area (TPSA) is 115 Å². The number of likely N-dealkylation sites (tertiary alicyclic amines) is 1. The van der Waals surface area contributed by atoms with Crippen molar-refractivity contribution >= 4 is 17.8 Å². The number of amides is 2. The SMILES string of the molecule is CC[C@]1(C(N)=O)CCCN(C(=O)c2cnc(N)nc2-c2ccccc2)C1. The average Bonchev–Trinajstić information content (AvgIpc) is 2.68. The van der Waals surface area contributed by atoms with Crippen LogP contribution in [0.1, 0.15) is 36.5 Å². The van der Waals surface area contributed by atoms with E-state index < -0.39 is 5.41 Å². The number of hydrogen-bond donors (Lipinski definition) is 2. The van der Waals surface area contributed by atoms with Gasteiger partial charge in [0.05, 0.1) is 16.7 Å². The van der Waals surface area contributed by atoms with E-state index in [1.165, 1.54) is 6.20 Å². The van der Waals surface area contributed by atoms with Crippen molar-refractivity contribution in [1.82, 2.24) is 14.9 Å². The summed E-state index contributed by atoms with van der Waals surface area (Å²) in [4.78, 5) is 35.1. The molecule has 1 atom stereocenters. The molecule has 136 valence electrons. The second-order valence-electron chi connectivity index (χ2n) is 6.68. The number of aromatic nitrogens is 2. The quantitative estimate of drug-likeness (QED) is 0.870. The van der Waals surface area contributed by atoms with E-state index in [1.54, 1.807) is 4.90 Å². The van der Waals surface area contributed by atoms with Gasteiger partial charge in [-0.05, 0) is 19.3 Å². The number of hydrogen-bond acceptors (Lipinski definition) is 5. The lowest BCUT2D eigenvalue weighted by Gasteiger charge is -2.40. The molecule has 1 aromatic heterocycles. The highest BCUT2D eigenvalue weighted by atomic mass is 16.2. The Balaban J connectivity index is 1.97. The van der Waals surface area contributed by atoms with Gasteiger partial charge in [0.2, 0.25) is 11.9 Å². The molecule has 0 bridgehead atoms. The number of nitrogens with zero attached hydrogens (tertiary/aromatic N) is 3. The summed E-state index contributed by atoms with van der Waals surface area (Å²) < 4.78 is 0. The molecule has 7 heteroatoms. The number of nitrogen functional groups attached to an aromatic ring is 1. The number of nitrogens with two attached hydrogens (primary N) is 2. The normalized spacial score (nSPS) is 20.0. The van der Waals surface area contributed by atoms with Crippen molar-refractivity contribution in [2.45, 2.75) is 26.2 Å². The molecule has 2 aromatic rings. The maximum atomic E-state index is 13.2. The zero-order valence-corrected chi connectivity index (χ0v) is 14.8. The maximum Gasteiger partial charge on any atom is 0.257 e. The maximum absolute atomic E-state index is 13.2. The van der Waals surface area contributed by atoms with Crippen LogP contribution >= 0.6 is 0 Å². The first-order valence-corrected chi connectivity index (χ1v) is 8.74. The van der Waals surface area contributed by atoms with E-state index in [2.05, 4.69) is 9.97 Å². The van der Waals surface area contributed by atoms with Crippen LogP contribution < -0.4 is 11.5 Å². The minimum atomic E-state index is -0.671. The van der Waals surface area contributed by atoms with Gasteiger partial charge in [0.15, 0.2) is 0 Å². The lowest BCUT2D eigenvalue weighted by molar-refractivity contribution is -0.130. The van der Waals surface area contributed by atoms with Crippen LogP contribution in [-0.2, 0) is 4.79 Å². The van der Waals surface area contributed by atoms with Crippen molar-refractivity contribution in [3.05, 3.63) is 42.1 Å². The van der Waals surface area contributed by atoms with Gasteiger partial charge >= 0.3 is 0 Å². The van der Waals surface area contributed by atoms with Gasteiger partial charge in [-0.25, -0.2) is 9.97 Å². The predicted octanol–water partition coefficient (Wildman–Crippen LogP) is 1.84. The highest BCUT2D eigenvalue weighted by Gasteiger charge is 2.41. The molecule has 0 aliphatic carbocycles. The van der Waals surface area contributed by atoms with E-state index in [-0.39, 0.29) is 17.8 Å². The first-order valence-electron chi connectivity index (χ1n) is 8.74. The van der Waals surface area contributed by atoms with E-state index in [4.69, 9.17) is 11.5 Å². The van der Waals surface area contributed by atoms with Crippen molar-refractivity contribution in [3.8, 4) is 11.3 Å². The second kappa shape index (κ2) is 7.11. The molecule has 3 rings (SSSR count). The Bertz CT molecular complexity index is 824.